The lowest BCUT2D eigenvalue weighted by Gasteiger charge is -2.42. The molecule has 2 fully saturated rings. The summed E-state index contributed by atoms with van der Waals surface area (Å²) in [5.41, 5.74) is 0. The second-order valence-electron chi connectivity index (χ2n) is 6.51. The van der Waals surface area contributed by atoms with Gasteiger partial charge in [0.25, 0.3) is 0 Å². The summed E-state index contributed by atoms with van der Waals surface area (Å²) in [5.74, 6) is 1.29. The number of carbonyl (C=O) groups is 1. The van der Waals surface area contributed by atoms with Crippen LogP contribution in [0, 0.1) is 5.92 Å². The molecule has 2 aliphatic carbocycles. The van der Waals surface area contributed by atoms with E-state index in [2.05, 4.69) is 20.2 Å². The second kappa shape index (κ2) is 7.21. The molecule has 0 bridgehead atoms. The number of hydrogen-bond donors (Lipinski definition) is 2. The highest BCUT2D eigenvalue weighted by Gasteiger charge is 2.37. The van der Waals surface area contributed by atoms with Crippen LogP contribution in [-0.2, 0) is 4.79 Å². The predicted molar refractivity (Wildman–Crippen MR) is 87.5 cm³/mol. The number of nitrogens with one attached hydrogen (secondary N) is 1. The van der Waals surface area contributed by atoms with Crippen molar-refractivity contribution in [3.63, 3.8) is 0 Å². The molecule has 2 N–H and O–H groups in total. The zero-order valence-electron chi connectivity index (χ0n) is 14.1. The average Bonchev–Trinajstić information content (AvgIpc) is 3.33. The minimum absolute atomic E-state index is 0.122. The zero-order chi connectivity index (χ0) is 17.1. The minimum atomic E-state index is -0.757. The topological polar surface area (TPSA) is 96.8 Å². The van der Waals surface area contributed by atoms with E-state index in [1.165, 1.54) is 12.8 Å². The minimum Gasteiger partial charge on any atom is -0.481 e. The molecule has 24 heavy (non-hydrogen) atoms. The first-order valence-electron chi connectivity index (χ1n) is 8.26. The summed E-state index contributed by atoms with van der Waals surface area (Å²) in [7, 11) is 3.10. The van der Waals surface area contributed by atoms with Crippen LogP contribution in [0.3, 0.4) is 0 Å². The van der Waals surface area contributed by atoms with Crippen LogP contribution < -0.4 is 14.8 Å². The van der Waals surface area contributed by atoms with Gasteiger partial charge in [-0.2, -0.15) is 9.97 Å². The van der Waals surface area contributed by atoms with Crippen molar-refractivity contribution < 1.29 is 19.4 Å². The quantitative estimate of drug-likeness (QED) is 0.695. The Morgan fingerprint density at radius 3 is 2.42 bits per heavy atom. The van der Waals surface area contributed by atoms with Crippen LogP contribution in [0.1, 0.15) is 25.7 Å². The van der Waals surface area contributed by atoms with Gasteiger partial charge in [-0.05, 0) is 31.6 Å². The molecule has 0 spiro atoms. The molecule has 2 aliphatic rings. The fraction of sp³-hybridized carbons (Fsp3) is 0.688. The van der Waals surface area contributed by atoms with Gasteiger partial charge in [-0.1, -0.05) is 0 Å². The Balaban J connectivity index is 1.54. The Morgan fingerprint density at radius 1 is 1.29 bits per heavy atom. The second-order valence-corrected chi connectivity index (χ2v) is 6.51. The first kappa shape index (κ1) is 16.8. The van der Waals surface area contributed by atoms with Gasteiger partial charge in [0.2, 0.25) is 17.7 Å². The largest absolute Gasteiger partial charge is 0.481 e. The summed E-state index contributed by atoms with van der Waals surface area (Å²) < 4.78 is 10.3. The van der Waals surface area contributed by atoms with Gasteiger partial charge in [0.15, 0.2) is 0 Å². The highest BCUT2D eigenvalue weighted by atomic mass is 16.5. The molecule has 0 aromatic carbocycles. The van der Waals surface area contributed by atoms with E-state index in [0.29, 0.717) is 29.7 Å². The van der Waals surface area contributed by atoms with Gasteiger partial charge in [-0.15, -0.1) is 0 Å². The molecule has 0 amide bonds. The van der Waals surface area contributed by atoms with Crippen molar-refractivity contribution in [2.75, 3.05) is 32.6 Å². The van der Waals surface area contributed by atoms with Crippen LogP contribution in [0.15, 0.2) is 6.07 Å². The monoisotopic (exact) mass is 336 g/mol. The van der Waals surface area contributed by atoms with Crippen molar-refractivity contribution in [3.05, 3.63) is 6.07 Å². The van der Waals surface area contributed by atoms with Gasteiger partial charge < -0.3 is 19.9 Å². The number of methoxy groups -OCH3 is 2. The number of hydrogen-bond acceptors (Lipinski definition) is 7. The fourth-order valence-corrected chi connectivity index (χ4v) is 3.01. The maximum absolute atomic E-state index is 11.1. The highest BCUT2D eigenvalue weighted by molar-refractivity contribution is 5.69. The van der Waals surface area contributed by atoms with E-state index in [1.54, 1.807) is 20.3 Å². The van der Waals surface area contributed by atoms with Crippen LogP contribution in [-0.4, -0.2) is 65.3 Å². The molecule has 0 aliphatic heterocycles. The SMILES string of the molecule is COc1cc(OC)nc(NC2CC(N(CC(=O)O)CC3CC3)C2)n1. The van der Waals surface area contributed by atoms with E-state index < -0.39 is 5.97 Å². The van der Waals surface area contributed by atoms with Crippen LogP contribution in [0.4, 0.5) is 5.95 Å². The number of nitrogens with zero attached hydrogens (tertiary/aromatic N) is 3. The standard InChI is InChI=1S/C16H24N4O4/c1-23-13-7-14(24-2)19-16(18-13)17-11-5-12(6-11)20(9-15(21)22)8-10-3-4-10/h7,10-12H,3-6,8-9H2,1-2H3,(H,21,22)(H,17,18,19). The Bertz CT molecular complexity index is 565. The molecule has 132 valence electrons. The first-order valence-corrected chi connectivity index (χ1v) is 8.26. The van der Waals surface area contributed by atoms with Crippen molar-refractivity contribution in [1.82, 2.24) is 14.9 Å². The molecule has 0 saturated heterocycles. The molecule has 3 rings (SSSR count). The Labute approximate surface area is 141 Å². The van der Waals surface area contributed by atoms with Gasteiger partial charge in [0.05, 0.1) is 26.8 Å². The number of anilines is 1. The molecule has 1 aromatic rings. The van der Waals surface area contributed by atoms with E-state index in [1.807, 2.05) is 0 Å². The normalized spacial score (nSPS) is 22.8. The van der Waals surface area contributed by atoms with E-state index in [0.717, 1.165) is 19.4 Å². The molecule has 8 nitrogen and oxygen atoms in total. The number of aliphatic carboxylic acids is 1. The van der Waals surface area contributed by atoms with Gasteiger partial charge in [0, 0.05) is 18.6 Å². The fourth-order valence-electron chi connectivity index (χ4n) is 3.01. The Hall–Kier alpha value is -2.09. The van der Waals surface area contributed by atoms with Crippen molar-refractivity contribution in [3.8, 4) is 11.8 Å². The van der Waals surface area contributed by atoms with Crippen molar-refractivity contribution in [2.45, 2.75) is 37.8 Å². The molecule has 1 heterocycles. The number of rotatable bonds is 9. The zero-order valence-corrected chi connectivity index (χ0v) is 14.1. The molecule has 2 saturated carbocycles. The number of carboxylic acids is 1. The summed E-state index contributed by atoms with van der Waals surface area (Å²) in [6.07, 6.45) is 4.23. The van der Waals surface area contributed by atoms with Crippen LogP contribution in [0.5, 0.6) is 11.8 Å². The smallest absolute Gasteiger partial charge is 0.317 e. The maximum Gasteiger partial charge on any atom is 0.317 e. The van der Waals surface area contributed by atoms with Crippen molar-refractivity contribution in [1.29, 1.82) is 0 Å². The summed E-state index contributed by atoms with van der Waals surface area (Å²) in [6, 6.07) is 2.17. The Kier molecular flexibility index (Phi) is 5.03. The molecule has 0 radical (unpaired) electrons. The van der Waals surface area contributed by atoms with E-state index in [9.17, 15) is 4.79 Å². The van der Waals surface area contributed by atoms with Gasteiger partial charge >= 0.3 is 5.97 Å². The summed E-state index contributed by atoms with van der Waals surface area (Å²) in [6.45, 7) is 1.02. The summed E-state index contributed by atoms with van der Waals surface area (Å²) in [5, 5.41) is 12.4. The highest BCUT2D eigenvalue weighted by Crippen LogP contribution is 2.34. The first-order chi connectivity index (χ1) is 11.6. The lowest BCUT2D eigenvalue weighted by molar-refractivity contribution is -0.139. The van der Waals surface area contributed by atoms with Crippen molar-refractivity contribution >= 4 is 11.9 Å². The third-order valence-electron chi connectivity index (χ3n) is 4.59. The number of ether oxygens (including phenoxy) is 2. The van der Waals surface area contributed by atoms with Crippen molar-refractivity contribution in [2.24, 2.45) is 5.92 Å². The third-order valence-corrected chi connectivity index (χ3v) is 4.59. The molecule has 0 unspecified atom stereocenters. The van der Waals surface area contributed by atoms with E-state index in [4.69, 9.17) is 14.6 Å². The molecule has 1 aromatic heterocycles. The number of carboxylic acid groups (broad SMARTS) is 1. The molecule has 8 heteroatoms. The maximum atomic E-state index is 11.1. The Morgan fingerprint density at radius 2 is 1.92 bits per heavy atom. The van der Waals surface area contributed by atoms with Crippen LogP contribution in [0.2, 0.25) is 0 Å². The van der Waals surface area contributed by atoms with Gasteiger partial charge in [-0.25, -0.2) is 0 Å². The number of aromatic nitrogens is 2. The van der Waals surface area contributed by atoms with E-state index in [-0.39, 0.29) is 12.6 Å². The predicted octanol–water partition coefficient (Wildman–Crippen LogP) is 1.23. The molecular weight excluding hydrogens is 312 g/mol. The van der Waals surface area contributed by atoms with Crippen LogP contribution >= 0.6 is 0 Å². The van der Waals surface area contributed by atoms with Crippen LogP contribution in [0.25, 0.3) is 0 Å². The third kappa shape index (κ3) is 4.25. The molecule has 0 atom stereocenters. The van der Waals surface area contributed by atoms with Gasteiger partial charge in [0.1, 0.15) is 0 Å². The average molecular weight is 336 g/mol. The lowest BCUT2D eigenvalue weighted by Crippen LogP contribution is -2.52. The molecular formula is C16H24N4O4. The van der Waals surface area contributed by atoms with Gasteiger partial charge in [-0.3, -0.25) is 9.69 Å². The lowest BCUT2D eigenvalue weighted by atomic mass is 9.85. The summed E-state index contributed by atoms with van der Waals surface area (Å²) in [4.78, 5) is 21.7. The van der Waals surface area contributed by atoms with E-state index >= 15 is 0 Å². The summed E-state index contributed by atoms with van der Waals surface area (Å²) >= 11 is 0.